The van der Waals surface area contributed by atoms with Crippen LogP contribution in [0.1, 0.15) is 25.7 Å². The van der Waals surface area contributed by atoms with E-state index in [2.05, 4.69) is 0 Å². The van der Waals surface area contributed by atoms with E-state index in [0.29, 0.717) is 12.8 Å². The van der Waals surface area contributed by atoms with Crippen molar-refractivity contribution in [1.82, 2.24) is 0 Å². The van der Waals surface area contributed by atoms with Crippen molar-refractivity contribution in [2.24, 2.45) is 0 Å². The Balaban J connectivity index is 2.50. The van der Waals surface area contributed by atoms with Gasteiger partial charge in [0.15, 0.2) is 0 Å². The summed E-state index contributed by atoms with van der Waals surface area (Å²) in [6, 6.07) is 1.86. The van der Waals surface area contributed by atoms with Crippen molar-refractivity contribution in [3.8, 4) is 6.07 Å². The molecule has 3 heteroatoms. The van der Waals surface area contributed by atoms with E-state index in [1.54, 1.807) is 0 Å². The van der Waals surface area contributed by atoms with E-state index in [4.69, 9.17) is 5.26 Å². The lowest BCUT2D eigenvalue weighted by Gasteiger charge is -2.22. The molecule has 11 heavy (non-hydrogen) atoms. The number of nitriles is 1. The number of hydrogen-bond acceptors (Lipinski definition) is 1. The minimum atomic E-state index is -2.49. The Morgan fingerprint density at radius 3 is 2.36 bits per heavy atom. The van der Waals surface area contributed by atoms with E-state index < -0.39 is 5.92 Å². The maximum Gasteiger partial charge on any atom is 0.248 e. The van der Waals surface area contributed by atoms with E-state index in [0.717, 1.165) is 5.57 Å². The minimum absolute atomic E-state index is 0.0967. The molecule has 1 saturated carbocycles. The second kappa shape index (κ2) is 3.00. The molecule has 0 aromatic rings. The molecule has 0 aromatic heterocycles. The van der Waals surface area contributed by atoms with E-state index in [1.165, 1.54) is 6.08 Å². The van der Waals surface area contributed by atoms with Gasteiger partial charge >= 0.3 is 0 Å². The van der Waals surface area contributed by atoms with Gasteiger partial charge in [0.1, 0.15) is 0 Å². The van der Waals surface area contributed by atoms with Crippen LogP contribution in [0.25, 0.3) is 0 Å². The number of hydrogen-bond donors (Lipinski definition) is 0. The molecule has 1 fully saturated rings. The summed E-state index contributed by atoms with van der Waals surface area (Å²) in [5.41, 5.74) is 0.860. The van der Waals surface area contributed by atoms with Gasteiger partial charge in [-0.05, 0) is 12.8 Å². The van der Waals surface area contributed by atoms with Crippen molar-refractivity contribution in [3.63, 3.8) is 0 Å². The van der Waals surface area contributed by atoms with Gasteiger partial charge < -0.3 is 0 Å². The molecule has 1 aliphatic carbocycles. The normalized spacial score (nSPS) is 22.5. The van der Waals surface area contributed by atoms with E-state index in [-0.39, 0.29) is 12.8 Å². The predicted octanol–water partition coefficient (Wildman–Crippen LogP) is 2.65. The Morgan fingerprint density at radius 1 is 1.36 bits per heavy atom. The van der Waals surface area contributed by atoms with Crippen molar-refractivity contribution < 1.29 is 8.78 Å². The maximum atomic E-state index is 12.5. The number of alkyl halides is 2. The van der Waals surface area contributed by atoms with Crippen molar-refractivity contribution >= 4 is 0 Å². The summed E-state index contributed by atoms with van der Waals surface area (Å²) in [7, 11) is 0. The highest BCUT2D eigenvalue weighted by atomic mass is 19.3. The fraction of sp³-hybridized carbons (Fsp3) is 0.625. The average molecular weight is 157 g/mol. The van der Waals surface area contributed by atoms with Crippen LogP contribution < -0.4 is 0 Å². The van der Waals surface area contributed by atoms with Gasteiger partial charge in [0.05, 0.1) is 6.07 Å². The van der Waals surface area contributed by atoms with Crippen LogP contribution in [0.3, 0.4) is 0 Å². The van der Waals surface area contributed by atoms with Crippen molar-refractivity contribution in [2.75, 3.05) is 0 Å². The van der Waals surface area contributed by atoms with E-state index in [9.17, 15) is 8.78 Å². The highest BCUT2D eigenvalue weighted by Gasteiger charge is 2.32. The molecule has 0 aromatic carbocycles. The summed E-state index contributed by atoms with van der Waals surface area (Å²) in [4.78, 5) is 0. The van der Waals surface area contributed by atoms with Crippen molar-refractivity contribution in [1.29, 1.82) is 5.26 Å². The molecule has 1 aliphatic rings. The molecule has 0 bridgehead atoms. The molecule has 0 aliphatic heterocycles. The molecule has 1 nitrogen and oxygen atoms in total. The Labute approximate surface area is 64.3 Å². The first-order chi connectivity index (χ1) is 5.14. The summed E-state index contributed by atoms with van der Waals surface area (Å²) in [6.45, 7) is 0. The summed E-state index contributed by atoms with van der Waals surface area (Å²) in [5, 5.41) is 8.23. The molecule has 0 unspecified atom stereocenters. The highest BCUT2D eigenvalue weighted by molar-refractivity contribution is 5.15. The first kappa shape index (κ1) is 8.19. The monoisotopic (exact) mass is 157 g/mol. The Kier molecular flexibility index (Phi) is 2.23. The third-order valence-corrected chi connectivity index (χ3v) is 1.89. The molecule has 0 radical (unpaired) electrons. The molecule has 0 heterocycles. The fourth-order valence-corrected chi connectivity index (χ4v) is 1.17. The fourth-order valence-electron chi connectivity index (χ4n) is 1.17. The van der Waals surface area contributed by atoms with Crippen LogP contribution in [0.5, 0.6) is 0 Å². The zero-order valence-corrected chi connectivity index (χ0v) is 6.11. The Bertz CT molecular complexity index is 201. The Morgan fingerprint density at radius 2 is 1.91 bits per heavy atom. The van der Waals surface area contributed by atoms with Crippen LogP contribution in [-0.2, 0) is 0 Å². The topological polar surface area (TPSA) is 23.8 Å². The van der Waals surface area contributed by atoms with Gasteiger partial charge in [-0.3, -0.25) is 0 Å². The SMILES string of the molecule is N#CC=C1CCC(F)(F)CC1. The third kappa shape index (κ3) is 2.30. The number of rotatable bonds is 0. The lowest BCUT2D eigenvalue weighted by molar-refractivity contribution is -0.0245. The van der Waals surface area contributed by atoms with Gasteiger partial charge in [-0.2, -0.15) is 5.26 Å². The summed E-state index contributed by atoms with van der Waals surface area (Å²) < 4.78 is 25.0. The molecular weight excluding hydrogens is 148 g/mol. The summed E-state index contributed by atoms with van der Waals surface area (Å²) >= 11 is 0. The third-order valence-electron chi connectivity index (χ3n) is 1.89. The summed E-state index contributed by atoms with van der Waals surface area (Å²) in [5.74, 6) is -2.49. The van der Waals surface area contributed by atoms with E-state index in [1.807, 2.05) is 6.07 Å². The molecule has 0 spiro atoms. The standard InChI is InChI=1S/C8H9F2N/c9-8(10)4-1-7(2-5-8)3-6-11/h3H,1-2,4-5H2. The van der Waals surface area contributed by atoms with E-state index >= 15 is 0 Å². The van der Waals surface area contributed by atoms with Gasteiger partial charge in [-0.1, -0.05) is 5.57 Å². The molecule has 60 valence electrons. The van der Waals surface area contributed by atoms with Gasteiger partial charge in [0.2, 0.25) is 5.92 Å². The number of nitrogens with zero attached hydrogens (tertiary/aromatic N) is 1. The molecule has 0 N–H and O–H groups in total. The van der Waals surface area contributed by atoms with Gasteiger partial charge in [0, 0.05) is 18.9 Å². The zero-order valence-electron chi connectivity index (χ0n) is 6.11. The van der Waals surface area contributed by atoms with Crippen LogP contribution in [0, 0.1) is 11.3 Å². The Hall–Kier alpha value is -0.910. The lowest BCUT2D eigenvalue weighted by Crippen LogP contribution is -2.20. The minimum Gasteiger partial charge on any atom is -0.207 e. The molecule has 0 saturated heterocycles. The van der Waals surface area contributed by atoms with Gasteiger partial charge in [-0.25, -0.2) is 8.78 Å². The van der Waals surface area contributed by atoms with Crippen LogP contribution in [-0.4, -0.2) is 5.92 Å². The number of allylic oxidation sites excluding steroid dienone is 2. The summed E-state index contributed by atoms with van der Waals surface area (Å²) in [6.07, 6.45) is 1.94. The van der Waals surface area contributed by atoms with Gasteiger partial charge in [-0.15, -0.1) is 0 Å². The zero-order chi connectivity index (χ0) is 8.32. The van der Waals surface area contributed by atoms with Crippen LogP contribution in [0.15, 0.2) is 11.6 Å². The van der Waals surface area contributed by atoms with Crippen LogP contribution in [0.4, 0.5) is 8.78 Å². The van der Waals surface area contributed by atoms with Crippen LogP contribution >= 0.6 is 0 Å². The second-order valence-corrected chi connectivity index (χ2v) is 2.79. The average Bonchev–Trinajstić information content (AvgIpc) is 1.94. The first-order valence-corrected chi connectivity index (χ1v) is 3.59. The quantitative estimate of drug-likeness (QED) is 0.496. The lowest BCUT2D eigenvalue weighted by atomic mass is 9.92. The van der Waals surface area contributed by atoms with Crippen LogP contribution in [0.2, 0.25) is 0 Å². The highest BCUT2D eigenvalue weighted by Crippen LogP contribution is 2.35. The number of halogens is 2. The smallest absolute Gasteiger partial charge is 0.207 e. The molecule has 0 amide bonds. The molecule has 0 atom stereocenters. The van der Waals surface area contributed by atoms with Crippen molar-refractivity contribution in [3.05, 3.63) is 11.6 Å². The largest absolute Gasteiger partial charge is 0.248 e. The molecular formula is C8H9F2N. The molecule has 1 rings (SSSR count). The predicted molar refractivity (Wildman–Crippen MR) is 37.1 cm³/mol. The first-order valence-electron chi connectivity index (χ1n) is 3.59. The maximum absolute atomic E-state index is 12.5. The second-order valence-electron chi connectivity index (χ2n) is 2.79. The van der Waals surface area contributed by atoms with Gasteiger partial charge in [0.25, 0.3) is 0 Å². The van der Waals surface area contributed by atoms with Crippen molar-refractivity contribution in [2.45, 2.75) is 31.6 Å².